The van der Waals surface area contributed by atoms with Crippen LogP contribution in [-0.4, -0.2) is 0 Å². The lowest BCUT2D eigenvalue weighted by molar-refractivity contribution is 0.698. The van der Waals surface area contributed by atoms with Gasteiger partial charge in [0, 0.05) is 13.2 Å². The summed E-state index contributed by atoms with van der Waals surface area (Å²) in [4.78, 5) is 0. The summed E-state index contributed by atoms with van der Waals surface area (Å²) in [7, 11) is 0. The molecular weight excluding hydrogens is 376 g/mol. The summed E-state index contributed by atoms with van der Waals surface area (Å²) < 4.78 is 2.52. The number of benzene rings is 1. The molecule has 0 amide bonds. The molecule has 0 radical (unpaired) electrons. The van der Waals surface area contributed by atoms with Gasteiger partial charge in [0.15, 0.2) is 0 Å². The molecule has 1 aromatic rings. The molecular formula is C9H11I2N. The van der Waals surface area contributed by atoms with E-state index in [9.17, 15) is 0 Å². The molecule has 1 nitrogen and oxygen atoms in total. The molecule has 1 aromatic carbocycles. The minimum absolute atomic E-state index is 0.188. The summed E-state index contributed by atoms with van der Waals surface area (Å²) in [5.41, 5.74) is 7.17. The molecule has 0 aliphatic rings. The number of nitrogens with two attached hydrogens (primary N) is 1. The van der Waals surface area contributed by atoms with E-state index in [0.717, 1.165) is 6.42 Å². The standard InChI is InChI=1S/C9H11I2N/c1-2-9(12)6-3-7(10)5-8(11)4-6/h3-5,9H,2,12H2,1H3/t9-/m0/s1. The molecule has 0 fully saturated rings. The number of rotatable bonds is 2. The predicted octanol–water partition coefficient (Wildman–Crippen LogP) is 3.31. The first-order valence-electron chi connectivity index (χ1n) is 3.85. The van der Waals surface area contributed by atoms with Crippen LogP contribution in [-0.2, 0) is 0 Å². The van der Waals surface area contributed by atoms with Crippen molar-refractivity contribution in [1.29, 1.82) is 0 Å². The maximum absolute atomic E-state index is 5.93. The van der Waals surface area contributed by atoms with Gasteiger partial charge in [0.25, 0.3) is 0 Å². The van der Waals surface area contributed by atoms with Crippen LogP contribution in [0.2, 0.25) is 0 Å². The zero-order valence-corrected chi connectivity index (χ0v) is 11.2. The molecule has 66 valence electrons. The summed E-state index contributed by atoms with van der Waals surface area (Å²) in [5, 5.41) is 0. The molecule has 0 aliphatic carbocycles. The highest BCUT2D eigenvalue weighted by atomic mass is 127. The fraction of sp³-hybridized carbons (Fsp3) is 0.333. The lowest BCUT2D eigenvalue weighted by Crippen LogP contribution is -2.08. The smallest absolute Gasteiger partial charge is 0.0292 e. The largest absolute Gasteiger partial charge is 0.324 e. The van der Waals surface area contributed by atoms with E-state index >= 15 is 0 Å². The van der Waals surface area contributed by atoms with Crippen LogP contribution < -0.4 is 5.73 Å². The molecule has 1 rings (SSSR count). The number of halogens is 2. The van der Waals surface area contributed by atoms with Gasteiger partial charge in [-0.25, -0.2) is 0 Å². The number of hydrogen-bond donors (Lipinski definition) is 1. The van der Waals surface area contributed by atoms with Crippen LogP contribution in [0.25, 0.3) is 0 Å². The van der Waals surface area contributed by atoms with E-state index in [1.807, 2.05) is 0 Å². The Labute approximate surface area is 100 Å². The Morgan fingerprint density at radius 3 is 2.17 bits per heavy atom. The first kappa shape index (κ1) is 10.7. The third-order valence-corrected chi connectivity index (χ3v) is 3.00. The molecule has 0 spiro atoms. The Balaban J connectivity index is 3.00. The molecule has 0 aliphatic heterocycles. The molecule has 3 heteroatoms. The predicted molar refractivity (Wildman–Crippen MR) is 69.1 cm³/mol. The van der Waals surface area contributed by atoms with Crippen molar-refractivity contribution in [1.82, 2.24) is 0 Å². The minimum atomic E-state index is 0.188. The molecule has 0 unspecified atom stereocenters. The van der Waals surface area contributed by atoms with Crippen molar-refractivity contribution >= 4 is 45.2 Å². The van der Waals surface area contributed by atoms with Crippen molar-refractivity contribution in [2.45, 2.75) is 19.4 Å². The lowest BCUT2D eigenvalue weighted by Gasteiger charge is -2.09. The SMILES string of the molecule is CC[C@H](N)c1cc(I)cc(I)c1. The van der Waals surface area contributed by atoms with Gasteiger partial charge in [-0.15, -0.1) is 0 Å². The Kier molecular flexibility index (Phi) is 4.25. The Hall–Kier alpha value is 0.640. The molecule has 1 atom stereocenters. The summed E-state index contributed by atoms with van der Waals surface area (Å²) >= 11 is 4.64. The topological polar surface area (TPSA) is 26.0 Å². The van der Waals surface area contributed by atoms with Gasteiger partial charge in [-0.2, -0.15) is 0 Å². The summed E-state index contributed by atoms with van der Waals surface area (Å²) in [6.45, 7) is 2.11. The van der Waals surface area contributed by atoms with Crippen molar-refractivity contribution < 1.29 is 0 Å². The second-order valence-electron chi connectivity index (χ2n) is 2.72. The van der Waals surface area contributed by atoms with Crippen LogP contribution >= 0.6 is 45.2 Å². The molecule has 0 saturated heterocycles. The maximum atomic E-state index is 5.93. The van der Waals surface area contributed by atoms with Crippen LogP contribution in [0.3, 0.4) is 0 Å². The van der Waals surface area contributed by atoms with Crippen LogP contribution in [0.15, 0.2) is 18.2 Å². The van der Waals surface area contributed by atoms with Crippen molar-refractivity contribution in [3.8, 4) is 0 Å². The fourth-order valence-electron chi connectivity index (χ4n) is 1.02. The summed E-state index contributed by atoms with van der Waals surface area (Å²) in [5.74, 6) is 0. The normalized spacial score (nSPS) is 13.0. The van der Waals surface area contributed by atoms with Gasteiger partial charge in [-0.3, -0.25) is 0 Å². The molecule has 0 heterocycles. The van der Waals surface area contributed by atoms with Gasteiger partial charge in [-0.1, -0.05) is 6.92 Å². The summed E-state index contributed by atoms with van der Waals surface area (Å²) in [6.07, 6.45) is 0.996. The highest BCUT2D eigenvalue weighted by molar-refractivity contribution is 14.1. The van der Waals surface area contributed by atoms with Crippen molar-refractivity contribution in [2.75, 3.05) is 0 Å². The van der Waals surface area contributed by atoms with Crippen LogP contribution in [0.1, 0.15) is 24.9 Å². The van der Waals surface area contributed by atoms with Crippen LogP contribution in [0.4, 0.5) is 0 Å². The molecule has 0 aromatic heterocycles. The third kappa shape index (κ3) is 2.85. The first-order valence-corrected chi connectivity index (χ1v) is 6.00. The zero-order chi connectivity index (χ0) is 9.14. The molecule has 0 bridgehead atoms. The van der Waals surface area contributed by atoms with Gasteiger partial charge in [0.05, 0.1) is 0 Å². The molecule has 2 N–H and O–H groups in total. The maximum Gasteiger partial charge on any atom is 0.0292 e. The molecule has 0 saturated carbocycles. The summed E-state index contributed by atoms with van der Waals surface area (Å²) in [6, 6.07) is 6.63. The van der Waals surface area contributed by atoms with E-state index in [0.29, 0.717) is 0 Å². The lowest BCUT2D eigenvalue weighted by atomic mass is 10.1. The molecule has 12 heavy (non-hydrogen) atoms. The van der Waals surface area contributed by atoms with E-state index in [1.165, 1.54) is 12.7 Å². The van der Waals surface area contributed by atoms with Crippen LogP contribution in [0, 0.1) is 7.14 Å². The second kappa shape index (κ2) is 4.76. The third-order valence-electron chi connectivity index (χ3n) is 1.75. The van der Waals surface area contributed by atoms with Crippen molar-refractivity contribution in [3.05, 3.63) is 30.9 Å². The van der Waals surface area contributed by atoms with Gasteiger partial charge >= 0.3 is 0 Å². The highest BCUT2D eigenvalue weighted by Crippen LogP contribution is 2.20. The quantitative estimate of drug-likeness (QED) is 0.775. The average molecular weight is 387 g/mol. The van der Waals surface area contributed by atoms with Gasteiger partial charge in [-0.05, 0) is 75.4 Å². The Morgan fingerprint density at radius 1 is 1.25 bits per heavy atom. The van der Waals surface area contributed by atoms with Gasteiger partial charge < -0.3 is 5.73 Å². The van der Waals surface area contributed by atoms with E-state index in [-0.39, 0.29) is 6.04 Å². The second-order valence-corrected chi connectivity index (χ2v) is 5.21. The Bertz CT molecular complexity index is 253. The first-order chi connectivity index (χ1) is 5.63. The van der Waals surface area contributed by atoms with E-state index in [2.05, 4.69) is 70.3 Å². The van der Waals surface area contributed by atoms with E-state index in [1.54, 1.807) is 0 Å². The zero-order valence-electron chi connectivity index (χ0n) is 6.85. The van der Waals surface area contributed by atoms with E-state index < -0.39 is 0 Å². The number of hydrogen-bond acceptors (Lipinski definition) is 1. The Morgan fingerprint density at radius 2 is 1.75 bits per heavy atom. The van der Waals surface area contributed by atoms with E-state index in [4.69, 9.17) is 5.73 Å². The fourth-order valence-corrected chi connectivity index (χ4v) is 3.01. The van der Waals surface area contributed by atoms with Crippen LogP contribution in [0.5, 0.6) is 0 Å². The van der Waals surface area contributed by atoms with Crippen molar-refractivity contribution in [2.24, 2.45) is 5.73 Å². The van der Waals surface area contributed by atoms with Gasteiger partial charge in [0.1, 0.15) is 0 Å². The van der Waals surface area contributed by atoms with Crippen molar-refractivity contribution in [3.63, 3.8) is 0 Å². The monoisotopic (exact) mass is 387 g/mol. The van der Waals surface area contributed by atoms with Gasteiger partial charge in [0.2, 0.25) is 0 Å². The minimum Gasteiger partial charge on any atom is -0.324 e. The highest BCUT2D eigenvalue weighted by Gasteiger charge is 2.04. The average Bonchev–Trinajstić information content (AvgIpc) is 2.01.